The molecule has 21 heavy (non-hydrogen) atoms. The lowest BCUT2D eigenvalue weighted by atomic mass is 9.70. The highest BCUT2D eigenvalue weighted by molar-refractivity contribution is 7.89. The lowest BCUT2D eigenvalue weighted by Gasteiger charge is -2.36. The van der Waals surface area contributed by atoms with E-state index in [2.05, 4.69) is 18.6 Å². The van der Waals surface area contributed by atoms with Gasteiger partial charge in [0.1, 0.15) is 5.78 Å². The van der Waals surface area contributed by atoms with Crippen molar-refractivity contribution in [1.82, 2.24) is 4.72 Å². The largest absolute Gasteiger partial charge is 0.299 e. The third-order valence-corrected chi connectivity index (χ3v) is 7.96. The van der Waals surface area contributed by atoms with Crippen molar-refractivity contribution in [1.29, 1.82) is 0 Å². The second kappa shape index (κ2) is 4.89. The molecule has 1 aromatic rings. The fraction of sp³-hybridized carbons (Fsp3) is 0.667. The van der Waals surface area contributed by atoms with Gasteiger partial charge < -0.3 is 0 Å². The van der Waals surface area contributed by atoms with Crippen LogP contribution in [0.2, 0.25) is 0 Å². The molecule has 4 nitrogen and oxygen atoms in total. The van der Waals surface area contributed by atoms with E-state index >= 15 is 0 Å². The molecule has 0 aliphatic heterocycles. The summed E-state index contributed by atoms with van der Waals surface area (Å²) < 4.78 is 27.5. The second-order valence-electron chi connectivity index (χ2n) is 6.83. The molecule has 0 amide bonds. The summed E-state index contributed by atoms with van der Waals surface area (Å²) in [6.45, 7) is 4.43. The fourth-order valence-corrected chi connectivity index (χ4v) is 6.62. The van der Waals surface area contributed by atoms with Gasteiger partial charge in [-0.15, -0.1) is 11.3 Å². The van der Waals surface area contributed by atoms with Crippen LogP contribution in [0.3, 0.4) is 0 Å². The van der Waals surface area contributed by atoms with Crippen molar-refractivity contribution in [3.63, 3.8) is 0 Å². The molecule has 2 fully saturated rings. The summed E-state index contributed by atoms with van der Waals surface area (Å²) in [6, 6.07) is 3.81. The van der Waals surface area contributed by atoms with Gasteiger partial charge in [0.25, 0.3) is 0 Å². The van der Waals surface area contributed by atoms with Crippen molar-refractivity contribution in [2.75, 3.05) is 5.75 Å². The molecule has 0 radical (unpaired) electrons. The van der Waals surface area contributed by atoms with Gasteiger partial charge in [0, 0.05) is 23.3 Å². The number of hydrogen-bond acceptors (Lipinski definition) is 4. The molecular weight excluding hydrogens is 306 g/mol. The Bertz CT molecular complexity index is 648. The summed E-state index contributed by atoms with van der Waals surface area (Å²) in [4.78, 5) is 13.4. The van der Waals surface area contributed by atoms with Crippen molar-refractivity contribution in [2.24, 2.45) is 16.7 Å². The van der Waals surface area contributed by atoms with Gasteiger partial charge in [0.05, 0.1) is 5.75 Å². The summed E-state index contributed by atoms with van der Waals surface area (Å²) in [5.41, 5.74) is -0.888. The van der Waals surface area contributed by atoms with E-state index in [1.165, 1.54) is 11.3 Å². The Morgan fingerprint density at radius 2 is 2.19 bits per heavy atom. The minimum absolute atomic E-state index is 0.0618. The van der Waals surface area contributed by atoms with Crippen molar-refractivity contribution in [3.8, 4) is 0 Å². The summed E-state index contributed by atoms with van der Waals surface area (Å²) in [5.74, 6) is 0.427. The molecule has 1 aromatic heterocycles. The monoisotopic (exact) mass is 327 g/mol. The van der Waals surface area contributed by atoms with Gasteiger partial charge >= 0.3 is 0 Å². The summed E-state index contributed by atoms with van der Waals surface area (Å²) in [5, 5.41) is 1.92. The highest BCUT2D eigenvalue weighted by Gasteiger charge is 2.65. The molecule has 0 spiro atoms. The number of Topliss-reactive ketones (excluding diaryl/α,β-unsaturated/α-hetero) is 1. The third kappa shape index (κ3) is 2.37. The van der Waals surface area contributed by atoms with Gasteiger partial charge in [-0.25, -0.2) is 13.1 Å². The number of nitrogens with one attached hydrogen (secondary N) is 1. The lowest BCUT2D eigenvalue weighted by Crippen LogP contribution is -2.45. The molecule has 2 saturated carbocycles. The number of hydrogen-bond donors (Lipinski definition) is 1. The number of thiophene rings is 1. The molecule has 1 N–H and O–H groups in total. The van der Waals surface area contributed by atoms with Crippen LogP contribution in [-0.2, 0) is 21.4 Å². The highest BCUT2D eigenvalue weighted by Crippen LogP contribution is 2.64. The Kier molecular flexibility index (Phi) is 3.54. The van der Waals surface area contributed by atoms with Crippen molar-refractivity contribution >= 4 is 27.1 Å². The van der Waals surface area contributed by atoms with E-state index in [-0.39, 0.29) is 17.0 Å². The first-order valence-electron chi connectivity index (χ1n) is 7.30. The molecule has 116 valence electrons. The van der Waals surface area contributed by atoms with E-state index < -0.39 is 15.4 Å². The Morgan fingerprint density at radius 1 is 1.43 bits per heavy atom. The van der Waals surface area contributed by atoms with Crippen LogP contribution in [0.1, 0.15) is 38.0 Å². The molecule has 6 heteroatoms. The Labute approximate surface area is 130 Å². The third-order valence-electron chi connectivity index (χ3n) is 5.62. The van der Waals surface area contributed by atoms with Gasteiger partial charge in [-0.2, -0.15) is 0 Å². The maximum atomic E-state index is 12.4. The Balaban J connectivity index is 1.77. The number of rotatable bonds is 5. The summed E-state index contributed by atoms with van der Waals surface area (Å²) in [6.07, 6.45) is 2.23. The van der Waals surface area contributed by atoms with Gasteiger partial charge in [0.15, 0.2) is 0 Å². The molecule has 1 heterocycles. The number of fused-ring (bicyclic) bond motifs is 2. The summed E-state index contributed by atoms with van der Waals surface area (Å²) >= 11 is 1.53. The molecular formula is C15H21NO3S2. The minimum Gasteiger partial charge on any atom is -0.299 e. The van der Waals surface area contributed by atoms with E-state index in [1.807, 2.05) is 17.5 Å². The van der Waals surface area contributed by atoms with Gasteiger partial charge in [0.2, 0.25) is 10.0 Å². The average molecular weight is 327 g/mol. The molecule has 2 atom stereocenters. The maximum Gasteiger partial charge on any atom is 0.212 e. The van der Waals surface area contributed by atoms with Crippen LogP contribution < -0.4 is 4.72 Å². The minimum atomic E-state index is -3.45. The van der Waals surface area contributed by atoms with Crippen LogP contribution in [0.5, 0.6) is 0 Å². The van der Waals surface area contributed by atoms with Gasteiger partial charge in [-0.1, -0.05) is 19.9 Å². The zero-order valence-corrected chi connectivity index (χ0v) is 14.0. The predicted molar refractivity (Wildman–Crippen MR) is 83.5 cm³/mol. The van der Waals surface area contributed by atoms with Crippen LogP contribution in [0.15, 0.2) is 17.5 Å². The Morgan fingerprint density at radius 3 is 2.71 bits per heavy atom. The average Bonchev–Trinajstić information content (AvgIpc) is 3.02. The predicted octanol–water partition coefficient (Wildman–Crippen LogP) is 2.56. The normalized spacial score (nSPS) is 31.0. The first-order chi connectivity index (χ1) is 9.77. The Hall–Kier alpha value is -0.720. The van der Waals surface area contributed by atoms with Crippen LogP contribution in [0.4, 0.5) is 0 Å². The van der Waals surface area contributed by atoms with Crippen LogP contribution in [0.25, 0.3) is 0 Å². The highest BCUT2D eigenvalue weighted by atomic mass is 32.2. The first-order valence-corrected chi connectivity index (χ1v) is 9.83. The number of sulfonamides is 1. The second-order valence-corrected chi connectivity index (χ2v) is 9.67. The smallest absolute Gasteiger partial charge is 0.212 e. The molecule has 2 bridgehead atoms. The quantitative estimate of drug-likeness (QED) is 0.904. The molecule has 3 rings (SSSR count). The van der Waals surface area contributed by atoms with Crippen molar-refractivity contribution in [2.45, 2.75) is 39.7 Å². The first kappa shape index (κ1) is 15.2. The lowest BCUT2D eigenvalue weighted by molar-refractivity contribution is -0.128. The van der Waals surface area contributed by atoms with Crippen LogP contribution in [-0.4, -0.2) is 20.0 Å². The van der Waals surface area contributed by atoms with E-state index in [4.69, 9.17) is 0 Å². The van der Waals surface area contributed by atoms with E-state index in [0.717, 1.165) is 11.3 Å². The molecule has 0 unspecified atom stereocenters. The van der Waals surface area contributed by atoms with E-state index in [9.17, 15) is 13.2 Å². The maximum absolute atomic E-state index is 12.4. The van der Waals surface area contributed by atoms with E-state index in [0.29, 0.717) is 25.3 Å². The molecule has 2 aliphatic rings. The number of carbonyl (C=O) groups is 1. The standard InChI is InChI=1S/C15H21NO3S2/c1-14(2)11-5-6-15(14,13(17)8-11)10-21(18,19)16-9-12-4-3-7-20-12/h3-4,7,11,16H,5-6,8-10H2,1-2H3/t11-,15+/m1/s1. The zero-order chi connectivity index (χ0) is 15.3. The van der Waals surface area contributed by atoms with Crippen LogP contribution >= 0.6 is 11.3 Å². The number of ketones is 1. The topological polar surface area (TPSA) is 63.2 Å². The van der Waals surface area contributed by atoms with Crippen molar-refractivity contribution in [3.05, 3.63) is 22.4 Å². The SMILES string of the molecule is CC1(C)[C@@H]2CC[C@]1(CS(=O)(=O)NCc1cccs1)C(=O)C2. The number of carbonyl (C=O) groups excluding carboxylic acids is 1. The zero-order valence-electron chi connectivity index (χ0n) is 12.4. The molecule has 2 aliphatic carbocycles. The van der Waals surface area contributed by atoms with Crippen LogP contribution in [0, 0.1) is 16.7 Å². The van der Waals surface area contributed by atoms with E-state index in [1.54, 1.807) is 0 Å². The molecule has 0 saturated heterocycles. The fourth-order valence-electron chi connectivity index (χ4n) is 4.08. The van der Waals surface area contributed by atoms with Crippen molar-refractivity contribution < 1.29 is 13.2 Å². The van der Waals surface area contributed by atoms with Gasteiger partial charge in [-0.05, 0) is 35.6 Å². The molecule has 0 aromatic carbocycles. The van der Waals surface area contributed by atoms with Gasteiger partial charge in [-0.3, -0.25) is 4.79 Å². The summed E-state index contributed by atoms with van der Waals surface area (Å²) in [7, 11) is -3.45.